The van der Waals surface area contributed by atoms with E-state index in [-0.39, 0.29) is 11.5 Å². The summed E-state index contributed by atoms with van der Waals surface area (Å²) in [5.41, 5.74) is 1.32. The summed E-state index contributed by atoms with van der Waals surface area (Å²) in [7, 11) is 0. The van der Waals surface area contributed by atoms with Gasteiger partial charge in [-0.05, 0) is 38.1 Å². The SMILES string of the molecule is Cc1cn2c(=O)cc(CSc3ccccc3NC(=O)[C@@H](C)Oc3ccccc3)nc2s1. The van der Waals surface area contributed by atoms with Gasteiger partial charge in [-0.3, -0.25) is 14.0 Å². The molecule has 0 saturated carbocycles. The molecule has 2 aromatic carbocycles. The molecule has 0 aliphatic carbocycles. The normalized spacial score (nSPS) is 11.9. The number of aryl methyl sites for hydroxylation is 1. The first-order chi connectivity index (χ1) is 15.0. The first-order valence-electron chi connectivity index (χ1n) is 9.73. The van der Waals surface area contributed by atoms with E-state index in [2.05, 4.69) is 10.3 Å². The van der Waals surface area contributed by atoms with Gasteiger partial charge in [0.1, 0.15) is 5.75 Å². The van der Waals surface area contributed by atoms with Crippen LogP contribution in [0.25, 0.3) is 4.96 Å². The highest BCUT2D eigenvalue weighted by atomic mass is 32.2. The fraction of sp³-hybridized carbons (Fsp3) is 0.174. The summed E-state index contributed by atoms with van der Waals surface area (Å²) in [5, 5.41) is 2.94. The lowest BCUT2D eigenvalue weighted by molar-refractivity contribution is -0.122. The number of benzene rings is 2. The van der Waals surface area contributed by atoms with E-state index in [1.165, 1.54) is 23.1 Å². The van der Waals surface area contributed by atoms with Gasteiger partial charge in [0.05, 0.1) is 11.4 Å². The Hall–Kier alpha value is -3.10. The van der Waals surface area contributed by atoms with Gasteiger partial charge in [0, 0.05) is 27.8 Å². The second-order valence-electron chi connectivity index (χ2n) is 6.93. The minimum atomic E-state index is -0.647. The van der Waals surface area contributed by atoms with Crippen molar-refractivity contribution >= 4 is 39.7 Å². The van der Waals surface area contributed by atoms with Gasteiger partial charge in [0.25, 0.3) is 11.5 Å². The number of ether oxygens (including phenoxy) is 1. The van der Waals surface area contributed by atoms with Crippen molar-refractivity contribution in [2.24, 2.45) is 0 Å². The van der Waals surface area contributed by atoms with E-state index in [1.54, 1.807) is 23.6 Å². The third-order valence-electron chi connectivity index (χ3n) is 4.48. The van der Waals surface area contributed by atoms with Crippen molar-refractivity contribution in [3.63, 3.8) is 0 Å². The number of amides is 1. The summed E-state index contributed by atoms with van der Waals surface area (Å²) in [4.78, 5) is 32.2. The fourth-order valence-electron chi connectivity index (χ4n) is 2.97. The molecule has 1 amide bonds. The Morgan fingerprint density at radius 1 is 1.19 bits per heavy atom. The number of hydrogen-bond acceptors (Lipinski definition) is 6. The number of carbonyl (C=O) groups excluding carboxylic acids is 1. The Bertz CT molecular complexity index is 1270. The topological polar surface area (TPSA) is 72.7 Å². The second-order valence-corrected chi connectivity index (χ2v) is 9.16. The standard InChI is InChI=1S/C23H21N3O3S2/c1-15-13-26-21(27)12-17(24-23(26)31-15)14-30-20-11-7-6-10-19(20)25-22(28)16(2)29-18-8-4-3-5-9-18/h3-13,16H,14H2,1-2H3,(H,25,28)/t16-/m1/s1. The summed E-state index contributed by atoms with van der Waals surface area (Å²) in [5.74, 6) is 0.930. The number of nitrogens with one attached hydrogen (secondary N) is 1. The minimum absolute atomic E-state index is 0.0848. The summed E-state index contributed by atoms with van der Waals surface area (Å²) in [6.07, 6.45) is 1.15. The summed E-state index contributed by atoms with van der Waals surface area (Å²) >= 11 is 3.01. The molecule has 158 valence electrons. The first-order valence-corrected chi connectivity index (χ1v) is 11.5. The highest BCUT2D eigenvalue weighted by molar-refractivity contribution is 7.98. The third-order valence-corrected chi connectivity index (χ3v) is 6.49. The average Bonchev–Trinajstić information content (AvgIpc) is 3.14. The Morgan fingerprint density at radius 3 is 2.74 bits per heavy atom. The van der Waals surface area contributed by atoms with E-state index in [0.29, 0.717) is 27.8 Å². The zero-order chi connectivity index (χ0) is 21.8. The van der Waals surface area contributed by atoms with Crippen LogP contribution in [0.4, 0.5) is 5.69 Å². The maximum absolute atomic E-state index is 12.6. The van der Waals surface area contributed by atoms with E-state index in [0.717, 1.165) is 9.77 Å². The van der Waals surface area contributed by atoms with Crippen molar-refractivity contribution in [3.05, 3.63) is 87.8 Å². The molecule has 4 aromatic rings. The number of para-hydroxylation sites is 2. The van der Waals surface area contributed by atoms with Crippen LogP contribution in [0.5, 0.6) is 5.75 Å². The molecule has 0 fully saturated rings. The molecule has 0 bridgehead atoms. The van der Waals surface area contributed by atoms with E-state index in [4.69, 9.17) is 4.74 Å². The van der Waals surface area contributed by atoms with E-state index >= 15 is 0 Å². The highest BCUT2D eigenvalue weighted by Crippen LogP contribution is 2.30. The highest BCUT2D eigenvalue weighted by Gasteiger charge is 2.16. The van der Waals surface area contributed by atoms with Crippen molar-refractivity contribution in [1.82, 2.24) is 9.38 Å². The molecule has 1 atom stereocenters. The number of nitrogens with zero attached hydrogens (tertiary/aromatic N) is 2. The lowest BCUT2D eigenvalue weighted by Gasteiger charge is -2.16. The quantitative estimate of drug-likeness (QED) is 0.410. The molecule has 0 unspecified atom stereocenters. The summed E-state index contributed by atoms with van der Waals surface area (Å²) in [6.45, 7) is 3.67. The van der Waals surface area contributed by atoms with Crippen molar-refractivity contribution in [2.75, 3.05) is 5.32 Å². The largest absolute Gasteiger partial charge is 0.481 e. The van der Waals surface area contributed by atoms with Gasteiger partial charge in [-0.2, -0.15) is 0 Å². The maximum atomic E-state index is 12.6. The van der Waals surface area contributed by atoms with Crippen molar-refractivity contribution in [1.29, 1.82) is 0 Å². The van der Waals surface area contributed by atoms with Gasteiger partial charge >= 0.3 is 0 Å². The predicted octanol–water partition coefficient (Wildman–Crippen LogP) is 4.76. The van der Waals surface area contributed by atoms with Crippen LogP contribution in [-0.4, -0.2) is 21.4 Å². The molecule has 6 nitrogen and oxygen atoms in total. The number of rotatable bonds is 7. The fourth-order valence-corrected chi connectivity index (χ4v) is 4.72. The number of thioether (sulfide) groups is 1. The zero-order valence-electron chi connectivity index (χ0n) is 17.1. The van der Waals surface area contributed by atoms with Crippen LogP contribution in [0.1, 0.15) is 17.5 Å². The smallest absolute Gasteiger partial charge is 0.265 e. The summed E-state index contributed by atoms with van der Waals surface area (Å²) in [6, 6.07) is 18.4. The monoisotopic (exact) mass is 451 g/mol. The van der Waals surface area contributed by atoms with E-state index in [9.17, 15) is 9.59 Å². The molecule has 0 aliphatic heterocycles. The minimum Gasteiger partial charge on any atom is -0.481 e. The van der Waals surface area contributed by atoms with Gasteiger partial charge in [-0.15, -0.1) is 23.1 Å². The van der Waals surface area contributed by atoms with Crippen LogP contribution in [0.15, 0.2) is 76.6 Å². The Kier molecular flexibility index (Phi) is 6.39. The second kappa shape index (κ2) is 9.36. The Labute approximate surface area is 187 Å². The van der Waals surface area contributed by atoms with Crippen LogP contribution in [0.2, 0.25) is 0 Å². The Balaban J connectivity index is 1.45. The molecule has 1 N–H and O–H groups in total. The van der Waals surface area contributed by atoms with Gasteiger partial charge < -0.3 is 10.1 Å². The summed E-state index contributed by atoms with van der Waals surface area (Å²) < 4.78 is 7.27. The molecular formula is C23H21N3O3S2. The van der Waals surface area contributed by atoms with Crippen LogP contribution >= 0.6 is 23.1 Å². The third kappa shape index (κ3) is 5.15. The zero-order valence-corrected chi connectivity index (χ0v) is 18.7. The molecule has 2 heterocycles. The maximum Gasteiger partial charge on any atom is 0.265 e. The van der Waals surface area contributed by atoms with Crippen LogP contribution < -0.4 is 15.6 Å². The van der Waals surface area contributed by atoms with E-state index < -0.39 is 6.10 Å². The Morgan fingerprint density at radius 2 is 1.94 bits per heavy atom. The number of hydrogen-bond donors (Lipinski definition) is 1. The molecule has 4 rings (SSSR count). The number of carbonyl (C=O) groups is 1. The molecule has 8 heteroatoms. The van der Waals surface area contributed by atoms with Gasteiger partial charge in [0.15, 0.2) is 11.1 Å². The first kappa shape index (κ1) is 21.1. The van der Waals surface area contributed by atoms with Crippen LogP contribution in [0, 0.1) is 6.92 Å². The number of fused-ring (bicyclic) bond motifs is 1. The molecule has 0 saturated heterocycles. The lowest BCUT2D eigenvalue weighted by Crippen LogP contribution is -2.30. The van der Waals surface area contributed by atoms with E-state index in [1.807, 2.05) is 61.5 Å². The lowest BCUT2D eigenvalue weighted by atomic mass is 10.3. The van der Waals surface area contributed by atoms with Gasteiger partial charge in [-0.1, -0.05) is 30.3 Å². The van der Waals surface area contributed by atoms with Crippen molar-refractivity contribution in [2.45, 2.75) is 30.6 Å². The number of aromatic nitrogens is 2. The van der Waals surface area contributed by atoms with Crippen LogP contribution in [-0.2, 0) is 10.5 Å². The predicted molar refractivity (Wildman–Crippen MR) is 125 cm³/mol. The molecule has 0 aliphatic rings. The average molecular weight is 452 g/mol. The number of anilines is 1. The van der Waals surface area contributed by atoms with Crippen molar-refractivity contribution < 1.29 is 9.53 Å². The van der Waals surface area contributed by atoms with Crippen molar-refractivity contribution in [3.8, 4) is 5.75 Å². The molecular weight excluding hydrogens is 430 g/mol. The molecule has 0 radical (unpaired) electrons. The van der Waals surface area contributed by atoms with Gasteiger partial charge in [-0.25, -0.2) is 4.98 Å². The molecule has 2 aromatic heterocycles. The molecule has 31 heavy (non-hydrogen) atoms. The van der Waals surface area contributed by atoms with Crippen LogP contribution in [0.3, 0.4) is 0 Å². The molecule has 0 spiro atoms. The number of thiazole rings is 1. The van der Waals surface area contributed by atoms with Gasteiger partial charge in [0.2, 0.25) is 0 Å².